The maximum atomic E-state index is 6.34. The van der Waals surface area contributed by atoms with Gasteiger partial charge in [-0.25, -0.2) is 0 Å². The summed E-state index contributed by atoms with van der Waals surface area (Å²) < 4.78 is 7.24. The fourth-order valence-electron chi connectivity index (χ4n) is 3.11. The van der Waals surface area contributed by atoms with E-state index >= 15 is 0 Å². The lowest BCUT2D eigenvalue weighted by atomic mass is 9.92. The van der Waals surface area contributed by atoms with Crippen molar-refractivity contribution in [3.63, 3.8) is 0 Å². The molecule has 1 unspecified atom stereocenters. The predicted octanol–water partition coefficient (Wildman–Crippen LogP) is 4.85. The largest absolute Gasteiger partial charge is 0.485 e. The molecule has 1 heterocycles. The number of hydrogen-bond acceptors (Lipinski definition) is 2. The minimum Gasteiger partial charge on any atom is -0.485 e. The van der Waals surface area contributed by atoms with E-state index in [1.54, 1.807) is 0 Å². The van der Waals surface area contributed by atoms with Crippen molar-refractivity contribution in [3.8, 4) is 5.75 Å². The number of hydrogen-bond donors (Lipinski definition) is 1. The van der Waals surface area contributed by atoms with Crippen LogP contribution in [-0.4, -0.2) is 0 Å². The van der Waals surface area contributed by atoms with Crippen molar-refractivity contribution < 1.29 is 4.74 Å². The Morgan fingerprint density at radius 3 is 2.67 bits per heavy atom. The van der Waals surface area contributed by atoms with E-state index in [0.29, 0.717) is 0 Å². The van der Waals surface area contributed by atoms with Crippen LogP contribution in [0, 0.1) is 0 Å². The van der Waals surface area contributed by atoms with E-state index in [1.165, 1.54) is 24.0 Å². The summed E-state index contributed by atoms with van der Waals surface area (Å²) in [4.78, 5) is 0. The van der Waals surface area contributed by atoms with Gasteiger partial charge in [0.25, 0.3) is 0 Å². The Morgan fingerprint density at radius 1 is 1.05 bits per heavy atom. The summed E-state index contributed by atoms with van der Waals surface area (Å²) in [7, 11) is 0. The van der Waals surface area contributed by atoms with Crippen LogP contribution in [0.3, 0.4) is 0 Å². The van der Waals surface area contributed by atoms with Gasteiger partial charge in [0.15, 0.2) is 0 Å². The average Bonchev–Trinajstić information content (AvgIpc) is 3.31. The van der Waals surface area contributed by atoms with E-state index in [1.807, 2.05) is 12.1 Å². The van der Waals surface area contributed by atoms with Crippen molar-refractivity contribution >= 4 is 15.9 Å². The van der Waals surface area contributed by atoms with Crippen LogP contribution in [0.4, 0.5) is 0 Å². The Morgan fingerprint density at radius 2 is 1.86 bits per heavy atom. The van der Waals surface area contributed by atoms with E-state index in [0.717, 1.165) is 28.1 Å². The zero-order valence-corrected chi connectivity index (χ0v) is 13.3. The molecule has 1 aliphatic heterocycles. The van der Waals surface area contributed by atoms with Crippen molar-refractivity contribution in [3.05, 3.63) is 63.6 Å². The summed E-state index contributed by atoms with van der Waals surface area (Å²) in [5, 5.41) is 0. The lowest BCUT2D eigenvalue weighted by Crippen LogP contribution is -2.24. The fourth-order valence-corrected chi connectivity index (χ4v) is 3.45. The third kappa shape index (κ3) is 2.60. The molecule has 2 atom stereocenters. The van der Waals surface area contributed by atoms with Crippen LogP contribution in [0.15, 0.2) is 46.9 Å². The molecule has 0 spiro atoms. The van der Waals surface area contributed by atoms with E-state index in [9.17, 15) is 0 Å². The molecule has 3 heteroatoms. The number of nitrogens with two attached hydrogens (primary N) is 1. The number of rotatable bonds is 2. The van der Waals surface area contributed by atoms with Gasteiger partial charge in [0.05, 0.1) is 0 Å². The van der Waals surface area contributed by atoms with Crippen molar-refractivity contribution in [2.75, 3.05) is 0 Å². The van der Waals surface area contributed by atoms with Gasteiger partial charge in [-0.05, 0) is 42.0 Å². The van der Waals surface area contributed by atoms with E-state index in [-0.39, 0.29) is 12.1 Å². The minimum atomic E-state index is 0.0384. The van der Waals surface area contributed by atoms with Crippen LogP contribution >= 0.6 is 15.9 Å². The van der Waals surface area contributed by atoms with Gasteiger partial charge < -0.3 is 10.5 Å². The molecule has 0 amide bonds. The summed E-state index contributed by atoms with van der Waals surface area (Å²) in [5.74, 6) is 1.67. The molecule has 1 saturated carbocycles. The second-order valence-corrected chi connectivity index (χ2v) is 6.99. The molecule has 2 aromatic carbocycles. The second kappa shape index (κ2) is 5.15. The van der Waals surface area contributed by atoms with Gasteiger partial charge in [0.2, 0.25) is 0 Å². The van der Waals surface area contributed by atoms with Crippen LogP contribution in [0.1, 0.15) is 54.0 Å². The zero-order chi connectivity index (χ0) is 14.4. The van der Waals surface area contributed by atoms with E-state index < -0.39 is 0 Å². The minimum absolute atomic E-state index is 0.0384. The molecule has 0 aromatic heterocycles. The van der Waals surface area contributed by atoms with Gasteiger partial charge in [-0.3, -0.25) is 0 Å². The number of halogens is 1. The molecular formula is C18H18BrNO. The van der Waals surface area contributed by atoms with Crippen molar-refractivity contribution in [2.45, 2.75) is 37.3 Å². The third-order valence-electron chi connectivity index (χ3n) is 4.44. The topological polar surface area (TPSA) is 35.2 Å². The van der Waals surface area contributed by atoms with Gasteiger partial charge in [-0.2, -0.15) is 0 Å². The molecular weight excluding hydrogens is 326 g/mol. The highest BCUT2D eigenvalue weighted by atomic mass is 79.9. The van der Waals surface area contributed by atoms with E-state index in [4.69, 9.17) is 10.5 Å². The first kappa shape index (κ1) is 13.4. The molecule has 0 saturated heterocycles. The van der Waals surface area contributed by atoms with Crippen LogP contribution in [0.2, 0.25) is 0 Å². The van der Waals surface area contributed by atoms with Gasteiger partial charge in [0, 0.05) is 22.5 Å². The van der Waals surface area contributed by atoms with Crippen LogP contribution in [0.25, 0.3) is 0 Å². The fraction of sp³-hybridized carbons (Fsp3) is 0.333. The van der Waals surface area contributed by atoms with E-state index in [2.05, 4.69) is 46.3 Å². The molecule has 2 aromatic rings. The summed E-state index contributed by atoms with van der Waals surface area (Å²) in [6.07, 6.45) is 3.54. The smallest absolute Gasteiger partial charge is 0.126 e. The Kier molecular flexibility index (Phi) is 3.27. The lowest BCUT2D eigenvalue weighted by Gasteiger charge is -2.31. The Hall–Kier alpha value is -1.32. The first-order valence-corrected chi connectivity index (χ1v) is 8.31. The molecule has 2 aliphatic rings. The highest BCUT2D eigenvalue weighted by Gasteiger charge is 2.29. The van der Waals surface area contributed by atoms with Gasteiger partial charge in [-0.15, -0.1) is 0 Å². The van der Waals surface area contributed by atoms with Crippen LogP contribution in [-0.2, 0) is 0 Å². The molecule has 108 valence electrons. The Bertz CT molecular complexity index is 681. The zero-order valence-electron chi connectivity index (χ0n) is 11.8. The predicted molar refractivity (Wildman–Crippen MR) is 87.5 cm³/mol. The standard InChI is InChI=1S/C18H18BrNO/c19-14-6-7-15-16(20)10-17(21-18(15)9-14)13-3-1-2-12(8-13)11-4-5-11/h1-3,6-9,11,16-17H,4-5,10,20H2/t16-,17?/m0/s1. The molecule has 2 N–H and O–H groups in total. The molecule has 1 fully saturated rings. The molecule has 1 aliphatic carbocycles. The molecule has 0 radical (unpaired) electrons. The monoisotopic (exact) mass is 343 g/mol. The van der Waals surface area contributed by atoms with Gasteiger partial charge in [0.1, 0.15) is 11.9 Å². The molecule has 0 bridgehead atoms. The number of ether oxygens (including phenoxy) is 1. The maximum absolute atomic E-state index is 6.34. The average molecular weight is 344 g/mol. The Labute approximate surface area is 133 Å². The summed E-state index contributed by atoms with van der Waals surface area (Å²) in [6.45, 7) is 0. The summed E-state index contributed by atoms with van der Waals surface area (Å²) >= 11 is 3.50. The summed E-state index contributed by atoms with van der Waals surface area (Å²) in [6, 6.07) is 15.0. The van der Waals surface area contributed by atoms with Crippen LogP contribution < -0.4 is 10.5 Å². The number of benzene rings is 2. The maximum Gasteiger partial charge on any atom is 0.126 e. The number of fused-ring (bicyclic) bond motifs is 1. The lowest BCUT2D eigenvalue weighted by molar-refractivity contribution is 0.161. The summed E-state index contributed by atoms with van der Waals surface area (Å²) in [5.41, 5.74) is 10.1. The molecule has 4 rings (SSSR count). The normalized spacial score (nSPS) is 24.3. The first-order valence-electron chi connectivity index (χ1n) is 7.52. The van der Waals surface area contributed by atoms with Gasteiger partial charge >= 0.3 is 0 Å². The SMILES string of the molecule is N[C@H]1CC(c2cccc(C3CC3)c2)Oc2cc(Br)ccc21. The van der Waals surface area contributed by atoms with Crippen molar-refractivity contribution in [1.29, 1.82) is 0 Å². The quantitative estimate of drug-likeness (QED) is 0.845. The highest BCUT2D eigenvalue weighted by Crippen LogP contribution is 2.43. The van der Waals surface area contributed by atoms with Crippen molar-refractivity contribution in [2.24, 2.45) is 5.73 Å². The molecule has 2 nitrogen and oxygen atoms in total. The third-order valence-corrected chi connectivity index (χ3v) is 4.94. The Balaban J connectivity index is 1.66. The van der Waals surface area contributed by atoms with Crippen molar-refractivity contribution in [1.82, 2.24) is 0 Å². The first-order chi connectivity index (χ1) is 10.2. The van der Waals surface area contributed by atoms with Crippen LogP contribution in [0.5, 0.6) is 5.75 Å². The molecule has 21 heavy (non-hydrogen) atoms. The second-order valence-electron chi connectivity index (χ2n) is 6.08. The highest BCUT2D eigenvalue weighted by molar-refractivity contribution is 9.10. The van der Waals surface area contributed by atoms with Gasteiger partial charge in [-0.1, -0.05) is 46.3 Å².